The van der Waals surface area contributed by atoms with E-state index in [1.165, 1.54) is 148 Å². The molecular weight excluding hydrogens is 1660 g/mol. The normalized spacial score (nSPS) is 12.2. The largest absolute Gasteiger partial charge is 0.309 e. The van der Waals surface area contributed by atoms with Gasteiger partial charge in [-0.05, 0) is 210 Å². The van der Waals surface area contributed by atoms with Crippen molar-refractivity contribution in [2.24, 2.45) is 0 Å². The first-order valence-corrected chi connectivity index (χ1v) is 47.1. The Bertz CT molecular complexity index is 9010. The molecule has 26 aromatic rings. The molecule has 27 rings (SSSR count). The van der Waals surface area contributed by atoms with Crippen molar-refractivity contribution in [2.45, 2.75) is 19.3 Å². The van der Waals surface area contributed by atoms with Crippen LogP contribution in [0.5, 0.6) is 0 Å². The third-order valence-corrected chi connectivity index (χ3v) is 28.4. The van der Waals surface area contributed by atoms with Gasteiger partial charge in [0.1, 0.15) is 0 Å². The summed E-state index contributed by atoms with van der Waals surface area (Å²) < 4.78 is 4.98. The Labute approximate surface area is 793 Å². The lowest BCUT2D eigenvalue weighted by atomic mass is 9.82. The van der Waals surface area contributed by atoms with Gasteiger partial charge < -0.3 is 9.13 Å². The summed E-state index contributed by atoms with van der Waals surface area (Å²) in [4.78, 5) is 21.8. The summed E-state index contributed by atoms with van der Waals surface area (Å²) in [6.07, 6.45) is 0. The van der Waals surface area contributed by atoms with Crippen LogP contribution >= 0.6 is 0 Å². The van der Waals surface area contributed by atoms with Gasteiger partial charge in [-0.2, -0.15) is 0 Å². The van der Waals surface area contributed by atoms with Crippen LogP contribution in [0.2, 0.25) is 0 Å². The fourth-order valence-electron chi connectivity index (χ4n) is 21.8. The second-order valence-electron chi connectivity index (χ2n) is 36.5. The lowest BCUT2D eigenvalue weighted by Crippen LogP contribution is -2.15. The minimum Gasteiger partial charge on any atom is -0.309 e. The molecule has 1 aliphatic carbocycles. The molecule has 0 amide bonds. The molecule has 0 saturated heterocycles. The lowest BCUT2D eigenvalue weighted by molar-refractivity contribution is 0.660. The van der Waals surface area contributed by atoms with E-state index < -0.39 is 0 Å². The van der Waals surface area contributed by atoms with Gasteiger partial charge in [0, 0.05) is 71.4 Å². The molecule has 640 valence electrons. The standard InChI is InChI=1S/C67H45N3.C64H41N3/c1-67(2)58-29-17-16-26-51(58)52-36-34-47(38-59(52)67)66-68-60-37-35-48(39-57(60)65(69-66)46-32-30-43(31-33-46)42-18-6-3-7-19-42)70-61-40-55(44-20-8-4-9-21-44)49-24-12-14-27-53(49)63(61)64-54-28-15-13-25-50(54)56(41-62(64)70)45-22-10-5-11-23-45;1-5-17-42(18-6-1)44-29-33-48(34-30-44)63-57-39-50(37-38-58(57)65-64(66-63)49-35-31-45(32-36-49)43-19-7-2-8-20-43)67-59-40-55(46-21-9-3-10-22-46)51-25-13-15-27-53(51)61(59)62-54-28-16-14-26-52(54)56(41-60(62)67)47-23-11-4-12-24-47/h3-41H,1-2H3;1-41H. The van der Waals surface area contributed by atoms with E-state index in [1.54, 1.807) is 0 Å². The van der Waals surface area contributed by atoms with E-state index in [4.69, 9.17) is 19.9 Å². The maximum atomic E-state index is 5.58. The Balaban J connectivity index is 0.000000142. The first-order valence-electron chi connectivity index (χ1n) is 47.1. The van der Waals surface area contributed by atoms with Gasteiger partial charge in [-0.25, -0.2) is 19.9 Å². The van der Waals surface area contributed by atoms with Gasteiger partial charge >= 0.3 is 0 Å². The molecule has 0 bridgehead atoms. The van der Waals surface area contributed by atoms with Gasteiger partial charge in [0.05, 0.1) is 44.5 Å². The minimum absolute atomic E-state index is 0.149. The molecule has 0 N–H and O–H groups in total. The van der Waals surface area contributed by atoms with Gasteiger partial charge in [-0.1, -0.05) is 432 Å². The average Bonchev–Trinajstić information content (AvgIpc) is 1.55. The van der Waals surface area contributed by atoms with Gasteiger partial charge in [-0.15, -0.1) is 0 Å². The van der Waals surface area contributed by atoms with Crippen LogP contribution in [0.4, 0.5) is 0 Å². The minimum atomic E-state index is -0.149. The maximum absolute atomic E-state index is 5.58. The third-order valence-electron chi connectivity index (χ3n) is 28.4. The molecule has 0 aliphatic heterocycles. The molecule has 6 heteroatoms. The second-order valence-corrected chi connectivity index (χ2v) is 36.5. The predicted molar refractivity (Wildman–Crippen MR) is 575 cm³/mol. The lowest BCUT2D eigenvalue weighted by Gasteiger charge is -2.22. The van der Waals surface area contributed by atoms with Crippen molar-refractivity contribution < 1.29 is 0 Å². The molecule has 0 saturated carbocycles. The van der Waals surface area contributed by atoms with Crippen LogP contribution in [0, 0.1) is 0 Å². The quantitative estimate of drug-likeness (QED) is 0.115. The van der Waals surface area contributed by atoms with E-state index in [1.807, 2.05) is 0 Å². The molecule has 6 nitrogen and oxygen atoms in total. The van der Waals surface area contributed by atoms with Crippen molar-refractivity contribution in [1.29, 1.82) is 0 Å². The smallest absolute Gasteiger partial charge is 0.160 e. The van der Waals surface area contributed by atoms with E-state index in [0.29, 0.717) is 11.6 Å². The van der Waals surface area contributed by atoms with Gasteiger partial charge in [0.25, 0.3) is 0 Å². The zero-order valence-corrected chi connectivity index (χ0v) is 75.4. The van der Waals surface area contributed by atoms with Gasteiger partial charge in [0.2, 0.25) is 0 Å². The molecular formula is C131H86N6. The fraction of sp³-hybridized carbons (Fsp3) is 0.0229. The molecule has 137 heavy (non-hydrogen) atoms. The van der Waals surface area contributed by atoms with E-state index >= 15 is 0 Å². The van der Waals surface area contributed by atoms with Crippen molar-refractivity contribution in [3.63, 3.8) is 0 Å². The van der Waals surface area contributed by atoms with Crippen molar-refractivity contribution in [2.75, 3.05) is 0 Å². The first kappa shape index (κ1) is 80.1. The number of fused-ring (bicyclic) bond motifs is 19. The predicted octanol–water partition coefficient (Wildman–Crippen LogP) is 34.7. The highest BCUT2D eigenvalue weighted by Crippen LogP contribution is 2.53. The van der Waals surface area contributed by atoms with Crippen LogP contribution in [0.3, 0.4) is 0 Å². The van der Waals surface area contributed by atoms with Crippen LogP contribution in [-0.2, 0) is 5.41 Å². The Kier molecular flexibility index (Phi) is 19.2. The van der Waals surface area contributed by atoms with Crippen molar-refractivity contribution in [3.8, 4) is 146 Å². The molecule has 0 atom stereocenters. The fourth-order valence-corrected chi connectivity index (χ4v) is 21.8. The molecule has 0 unspecified atom stereocenters. The van der Waals surface area contributed by atoms with Crippen molar-refractivity contribution in [1.82, 2.24) is 29.1 Å². The van der Waals surface area contributed by atoms with E-state index in [-0.39, 0.29) is 5.41 Å². The molecule has 22 aromatic carbocycles. The first-order chi connectivity index (χ1) is 67.7. The van der Waals surface area contributed by atoms with Crippen LogP contribution in [0.1, 0.15) is 25.0 Å². The summed E-state index contributed by atoms with van der Waals surface area (Å²) in [6.45, 7) is 4.66. The number of nitrogens with zero attached hydrogens (tertiary/aromatic N) is 6. The third kappa shape index (κ3) is 13.6. The second kappa shape index (κ2) is 32.9. The Morgan fingerprint density at radius 3 is 0.759 bits per heavy atom. The zero-order valence-electron chi connectivity index (χ0n) is 75.4. The monoisotopic (exact) mass is 1740 g/mol. The van der Waals surface area contributed by atoms with Crippen molar-refractivity contribution in [3.05, 3.63) is 496 Å². The highest BCUT2D eigenvalue weighted by Gasteiger charge is 2.36. The van der Waals surface area contributed by atoms with Crippen molar-refractivity contribution >= 4 is 109 Å². The summed E-state index contributed by atoms with van der Waals surface area (Å²) in [5.41, 5.74) is 36.0. The van der Waals surface area contributed by atoms with E-state index in [0.717, 1.165) is 106 Å². The SMILES string of the molecule is CC1(C)c2ccccc2-c2ccc(-c3nc(-c4ccc(-c5ccccc5)cc4)c4cc(-n5c6cc(-c7ccccc7)c7ccccc7c6c6c7ccccc7c(-c7ccccc7)cc65)ccc4n3)cc21.c1ccc(-c2ccc(-c3nc(-c4ccc(-c5ccccc5)cc4)c4cc(-n5c6cc(-c7ccccc7)c7ccccc7c6c6c7ccccc7c(-c7ccccc7)cc65)ccc4n3)cc2)cc1. The molecule has 4 aromatic heterocycles. The molecule has 1 aliphatic rings. The van der Waals surface area contributed by atoms with Gasteiger partial charge in [-0.3, -0.25) is 0 Å². The number of hydrogen-bond donors (Lipinski definition) is 0. The molecule has 0 radical (unpaired) electrons. The Hall–Kier alpha value is -17.8. The number of rotatable bonds is 13. The summed E-state index contributed by atoms with van der Waals surface area (Å²) >= 11 is 0. The van der Waals surface area contributed by atoms with Crippen LogP contribution in [0.15, 0.2) is 485 Å². The maximum Gasteiger partial charge on any atom is 0.160 e. The Morgan fingerprint density at radius 1 is 0.168 bits per heavy atom. The van der Waals surface area contributed by atoms with Gasteiger partial charge in [0.15, 0.2) is 11.6 Å². The van der Waals surface area contributed by atoms with Crippen LogP contribution in [0.25, 0.3) is 254 Å². The van der Waals surface area contributed by atoms with E-state index in [2.05, 4.69) is 508 Å². The van der Waals surface area contributed by atoms with Crippen LogP contribution < -0.4 is 0 Å². The zero-order chi connectivity index (χ0) is 90.8. The number of hydrogen-bond acceptors (Lipinski definition) is 4. The Morgan fingerprint density at radius 2 is 0.423 bits per heavy atom. The van der Waals surface area contributed by atoms with E-state index in [9.17, 15) is 0 Å². The summed E-state index contributed by atoms with van der Waals surface area (Å²) in [7, 11) is 0. The summed E-state index contributed by atoms with van der Waals surface area (Å²) in [6, 6.07) is 176. The van der Waals surface area contributed by atoms with Crippen LogP contribution in [-0.4, -0.2) is 29.1 Å². The average molecular weight is 1740 g/mol. The summed E-state index contributed by atoms with van der Waals surface area (Å²) in [5, 5.41) is 16.8. The molecule has 0 fully saturated rings. The summed E-state index contributed by atoms with van der Waals surface area (Å²) in [5.74, 6) is 1.41. The molecule has 0 spiro atoms. The highest BCUT2D eigenvalue weighted by molar-refractivity contribution is 6.34. The highest BCUT2D eigenvalue weighted by atomic mass is 15.0. The number of aromatic nitrogens is 6. The topological polar surface area (TPSA) is 61.4 Å². The number of benzene rings is 22. The molecule has 4 heterocycles.